The van der Waals surface area contributed by atoms with Crippen molar-refractivity contribution in [2.24, 2.45) is 0 Å². The highest BCUT2D eigenvalue weighted by Gasteiger charge is 2.13. The number of hydrogen-bond donors (Lipinski definition) is 0. The topological polar surface area (TPSA) is 12.5 Å². The summed E-state index contributed by atoms with van der Waals surface area (Å²) < 4.78 is 5.32. The van der Waals surface area contributed by atoms with E-state index in [0.717, 1.165) is 18.8 Å². The first-order chi connectivity index (χ1) is 6.90. The van der Waals surface area contributed by atoms with Gasteiger partial charge >= 0.3 is 0 Å². The molecule has 2 heteroatoms. The molecule has 0 N–H and O–H groups in total. The Labute approximate surface area is 85.5 Å². The molecule has 0 saturated carbocycles. The van der Waals surface area contributed by atoms with Crippen molar-refractivity contribution in [2.45, 2.75) is 13.0 Å². The van der Waals surface area contributed by atoms with Crippen molar-refractivity contribution in [1.82, 2.24) is 4.90 Å². The van der Waals surface area contributed by atoms with E-state index in [4.69, 9.17) is 4.74 Å². The normalized spacial score (nSPS) is 17.2. The monoisotopic (exact) mass is 190 g/mol. The molecule has 0 unspecified atom stereocenters. The number of likely N-dealkylation sites (tertiary alicyclic amines) is 1. The third-order valence-electron chi connectivity index (χ3n) is 2.62. The van der Waals surface area contributed by atoms with Crippen molar-refractivity contribution in [3.05, 3.63) is 36.2 Å². The molecule has 1 fully saturated rings. The van der Waals surface area contributed by atoms with Crippen LogP contribution < -0.4 is 4.74 Å². The van der Waals surface area contributed by atoms with Gasteiger partial charge in [0.2, 0.25) is 0 Å². The maximum atomic E-state index is 5.32. The lowest BCUT2D eigenvalue weighted by atomic mass is 10.2. The van der Waals surface area contributed by atoms with Crippen LogP contribution in [-0.2, 0) is 6.54 Å². The molecule has 1 aliphatic rings. The molecule has 14 heavy (non-hydrogen) atoms. The lowest BCUT2D eigenvalue weighted by Gasteiger charge is -2.16. The van der Waals surface area contributed by atoms with Gasteiger partial charge in [-0.05, 0) is 25.5 Å². The van der Waals surface area contributed by atoms with Crippen LogP contribution in [0.4, 0.5) is 0 Å². The molecule has 0 aromatic heterocycles. The maximum absolute atomic E-state index is 5.32. The van der Waals surface area contributed by atoms with Crippen molar-refractivity contribution < 1.29 is 4.74 Å². The quantitative estimate of drug-likeness (QED) is 0.723. The predicted molar refractivity (Wildman–Crippen MR) is 57.2 cm³/mol. The van der Waals surface area contributed by atoms with Gasteiger partial charge < -0.3 is 4.74 Å². The molecule has 2 rings (SSSR count). The minimum absolute atomic E-state index is 0.999. The van der Waals surface area contributed by atoms with Gasteiger partial charge in [-0.25, -0.2) is 0 Å². The molecule has 2 nitrogen and oxygen atoms in total. The van der Waals surface area contributed by atoms with Gasteiger partial charge in [-0.3, -0.25) is 4.90 Å². The van der Waals surface area contributed by atoms with Crippen LogP contribution in [0.2, 0.25) is 0 Å². The van der Waals surface area contributed by atoms with Gasteiger partial charge in [0.25, 0.3) is 0 Å². The average Bonchev–Trinajstić information content (AvgIpc) is 2.71. The molecular formula is C12H16NO. The van der Waals surface area contributed by atoms with Crippen LogP contribution in [0.25, 0.3) is 0 Å². The third-order valence-corrected chi connectivity index (χ3v) is 2.62. The van der Waals surface area contributed by atoms with E-state index in [-0.39, 0.29) is 0 Å². The number of ether oxygens (including phenoxy) is 1. The first-order valence-corrected chi connectivity index (χ1v) is 5.06. The highest BCUT2D eigenvalue weighted by atomic mass is 16.5. The summed E-state index contributed by atoms with van der Waals surface area (Å²) in [5, 5.41) is 0. The Balaban J connectivity index is 2.07. The number of hydrogen-bond acceptors (Lipinski definition) is 2. The van der Waals surface area contributed by atoms with E-state index >= 15 is 0 Å². The largest absolute Gasteiger partial charge is 0.496 e. The highest BCUT2D eigenvalue weighted by Crippen LogP contribution is 2.20. The Morgan fingerprint density at radius 3 is 2.93 bits per heavy atom. The molecule has 75 valence electrons. The Morgan fingerprint density at radius 2 is 2.21 bits per heavy atom. The molecule has 1 aromatic carbocycles. The molecule has 0 bridgehead atoms. The molecule has 0 spiro atoms. The number of methoxy groups -OCH3 is 1. The molecule has 1 saturated heterocycles. The fourth-order valence-electron chi connectivity index (χ4n) is 1.86. The van der Waals surface area contributed by atoms with Gasteiger partial charge in [-0.15, -0.1) is 0 Å². The van der Waals surface area contributed by atoms with Crippen molar-refractivity contribution >= 4 is 0 Å². The standard InChI is InChI=1S/C12H16NO/c1-14-12-7-3-2-6-11(12)10-13-8-4-5-9-13/h2-4,6-7H,5,8-10H2,1H3. The lowest BCUT2D eigenvalue weighted by molar-refractivity contribution is 0.325. The summed E-state index contributed by atoms with van der Waals surface area (Å²) in [6, 6.07) is 8.24. The first kappa shape index (κ1) is 9.53. The van der Waals surface area contributed by atoms with Crippen LogP contribution in [0.15, 0.2) is 24.3 Å². The van der Waals surface area contributed by atoms with E-state index in [9.17, 15) is 0 Å². The molecule has 1 heterocycles. The third kappa shape index (κ3) is 2.07. The highest BCUT2D eigenvalue weighted by molar-refractivity contribution is 5.33. The molecular weight excluding hydrogens is 174 g/mol. The van der Waals surface area contributed by atoms with Gasteiger partial charge in [0.15, 0.2) is 0 Å². The second kappa shape index (κ2) is 4.47. The summed E-state index contributed by atoms with van der Waals surface area (Å²) in [5.74, 6) is 0.999. The minimum Gasteiger partial charge on any atom is -0.496 e. The molecule has 0 amide bonds. The average molecular weight is 190 g/mol. The van der Waals surface area contributed by atoms with Crippen molar-refractivity contribution in [2.75, 3.05) is 20.2 Å². The van der Waals surface area contributed by atoms with Gasteiger partial charge in [0.05, 0.1) is 7.11 Å². The zero-order valence-corrected chi connectivity index (χ0v) is 8.57. The van der Waals surface area contributed by atoms with Crippen LogP contribution in [0.5, 0.6) is 5.75 Å². The van der Waals surface area contributed by atoms with Gasteiger partial charge in [-0.1, -0.05) is 18.2 Å². The van der Waals surface area contributed by atoms with Crippen LogP contribution in [0, 0.1) is 6.42 Å². The smallest absolute Gasteiger partial charge is 0.123 e. The Hall–Kier alpha value is -1.02. The SMILES string of the molecule is COc1ccccc1CN1C[CH]CC1. The van der Waals surface area contributed by atoms with E-state index < -0.39 is 0 Å². The Morgan fingerprint density at radius 1 is 1.36 bits per heavy atom. The molecule has 1 aromatic rings. The summed E-state index contributed by atoms with van der Waals surface area (Å²) >= 11 is 0. The summed E-state index contributed by atoms with van der Waals surface area (Å²) in [6.45, 7) is 3.29. The number of benzene rings is 1. The van der Waals surface area contributed by atoms with Crippen molar-refractivity contribution in [3.63, 3.8) is 0 Å². The molecule has 0 aliphatic carbocycles. The van der Waals surface area contributed by atoms with Crippen LogP contribution in [0.1, 0.15) is 12.0 Å². The van der Waals surface area contributed by atoms with Gasteiger partial charge in [0.1, 0.15) is 5.75 Å². The minimum atomic E-state index is 0.999. The predicted octanol–water partition coefficient (Wildman–Crippen LogP) is 2.11. The van der Waals surface area contributed by atoms with Crippen molar-refractivity contribution in [1.29, 1.82) is 0 Å². The number of para-hydroxylation sites is 1. The van der Waals surface area contributed by atoms with Gasteiger partial charge in [-0.2, -0.15) is 0 Å². The fourth-order valence-corrected chi connectivity index (χ4v) is 1.86. The van der Waals surface area contributed by atoms with E-state index in [0.29, 0.717) is 0 Å². The van der Waals surface area contributed by atoms with E-state index in [1.165, 1.54) is 18.5 Å². The summed E-state index contributed by atoms with van der Waals surface area (Å²) in [7, 11) is 1.73. The Bertz CT molecular complexity index is 292. The zero-order valence-electron chi connectivity index (χ0n) is 8.57. The van der Waals surface area contributed by atoms with E-state index in [1.54, 1.807) is 7.11 Å². The van der Waals surface area contributed by atoms with Crippen molar-refractivity contribution in [3.8, 4) is 5.75 Å². The van der Waals surface area contributed by atoms with Crippen LogP contribution in [0.3, 0.4) is 0 Å². The molecule has 1 aliphatic heterocycles. The first-order valence-electron chi connectivity index (χ1n) is 5.06. The summed E-state index contributed by atoms with van der Waals surface area (Å²) in [6.07, 6.45) is 3.55. The Kier molecular flexibility index (Phi) is 3.04. The summed E-state index contributed by atoms with van der Waals surface area (Å²) in [5.41, 5.74) is 1.28. The maximum Gasteiger partial charge on any atom is 0.123 e. The van der Waals surface area contributed by atoms with Crippen LogP contribution in [-0.4, -0.2) is 25.1 Å². The van der Waals surface area contributed by atoms with Gasteiger partial charge in [0, 0.05) is 18.7 Å². The van der Waals surface area contributed by atoms with E-state index in [1.807, 2.05) is 12.1 Å². The summed E-state index contributed by atoms with van der Waals surface area (Å²) in [4.78, 5) is 2.43. The number of nitrogens with zero attached hydrogens (tertiary/aromatic N) is 1. The molecule has 1 radical (unpaired) electrons. The zero-order chi connectivity index (χ0) is 9.80. The second-order valence-corrected chi connectivity index (χ2v) is 3.62. The van der Waals surface area contributed by atoms with E-state index in [2.05, 4.69) is 23.5 Å². The van der Waals surface area contributed by atoms with Crippen LogP contribution >= 0.6 is 0 Å². The lowest BCUT2D eigenvalue weighted by Crippen LogP contribution is -2.18. The molecule has 0 atom stereocenters. The fraction of sp³-hybridized carbons (Fsp3) is 0.417. The number of rotatable bonds is 3. The second-order valence-electron chi connectivity index (χ2n) is 3.62.